The molecule has 4 aromatic rings. The fourth-order valence-corrected chi connectivity index (χ4v) is 4.98. The van der Waals surface area contributed by atoms with Gasteiger partial charge >= 0.3 is 0 Å². The number of rotatable bonds is 4. The first kappa shape index (κ1) is 21.8. The Morgan fingerprint density at radius 3 is 2.41 bits per heavy atom. The Morgan fingerprint density at radius 2 is 1.69 bits per heavy atom. The standard InChI is InChI=1S/C22H22N6O2S.CH4/c1-31(29,30)21-5-3-2-4-20(21)27-8-10-28(11-9-27)22-18-12-16(17-13-25-26-14-17)6-7-19(18)23-15-24-22;/h2-7,12-15H,8-11H2,1H3,(H,25,26);1H4. The van der Waals surface area contributed by atoms with E-state index in [2.05, 4.69) is 36.0 Å². The molecule has 1 saturated heterocycles. The molecule has 32 heavy (non-hydrogen) atoms. The lowest BCUT2D eigenvalue weighted by Gasteiger charge is -2.37. The van der Waals surface area contributed by atoms with Crippen molar-refractivity contribution >= 4 is 32.2 Å². The van der Waals surface area contributed by atoms with Gasteiger partial charge in [0.2, 0.25) is 0 Å². The fourth-order valence-electron chi connectivity index (χ4n) is 4.07. The minimum Gasteiger partial charge on any atom is -0.367 e. The van der Waals surface area contributed by atoms with Gasteiger partial charge in [-0.25, -0.2) is 18.4 Å². The summed E-state index contributed by atoms with van der Waals surface area (Å²) in [6.07, 6.45) is 6.51. The van der Waals surface area contributed by atoms with E-state index in [1.165, 1.54) is 6.26 Å². The number of anilines is 2. The van der Waals surface area contributed by atoms with E-state index in [4.69, 9.17) is 0 Å². The van der Waals surface area contributed by atoms with E-state index in [0.29, 0.717) is 18.0 Å². The zero-order chi connectivity index (χ0) is 21.4. The predicted octanol–water partition coefficient (Wildman–Crippen LogP) is 3.39. The van der Waals surface area contributed by atoms with Gasteiger partial charge in [-0.05, 0) is 29.8 Å². The van der Waals surface area contributed by atoms with Crippen LogP contribution in [0.3, 0.4) is 0 Å². The van der Waals surface area contributed by atoms with Crippen molar-refractivity contribution in [3.8, 4) is 11.1 Å². The second-order valence-corrected chi connectivity index (χ2v) is 9.61. The van der Waals surface area contributed by atoms with Gasteiger partial charge in [-0.1, -0.05) is 25.6 Å². The Bertz CT molecular complexity index is 1330. The number of aromatic amines is 1. The summed E-state index contributed by atoms with van der Waals surface area (Å²) in [4.78, 5) is 13.8. The van der Waals surface area contributed by atoms with Crippen molar-refractivity contribution < 1.29 is 8.42 Å². The van der Waals surface area contributed by atoms with E-state index in [-0.39, 0.29) is 7.43 Å². The zero-order valence-corrected chi connectivity index (χ0v) is 17.9. The first-order valence-electron chi connectivity index (χ1n) is 10.0. The number of sulfone groups is 1. The van der Waals surface area contributed by atoms with Gasteiger partial charge in [-0.3, -0.25) is 5.10 Å². The van der Waals surface area contributed by atoms with Crippen molar-refractivity contribution in [2.24, 2.45) is 0 Å². The van der Waals surface area contributed by atoms with Crippen molar-refractivity contribution in [1.29, 1.82) is 0 Å². The number of para-hydroxylation sites is 1. The van der Waals surface area contributed by atoms with Crippen LogP contribution in [-0.2, 0) is 9.84 Å². The summed E-state index contributed by atoms with van der Waals surface area (Å²) < 4.78 is 24.4. The number of aromatic nitrogens is 4. The number of H-pyrrole nitrogens is 1. The van der Waals surface area contributed by atoms with Crippen molar-refractivity contribution in [1.82, 2.24) is 20.2 Å². The first-order valence-corrected chi connectivity index (χ1v) is 11.9. The fraction of sp³-hybridized carbons (Fsp3) is 0.261. The minimum absolute atomic E-state index is 0. The number of piperazine rings is 1. The van der Waals surface area contributed by atoms with Crippen LogP contribution in [0.5, 0.6) is 0 Å². The van der Waals surface area contributed by atoms with Crippen LogP contribution in [0.15, 0.2) is 66.1 Å². The third kappa shape index (κ3) is 4.03. The molecule has 9 heteroatoms. The lowest BCUT2D eigenvalue weighted by atomic mass is 10.1. The molecule has 8 nitrogen and oxygen atoms in total. The van der Waals surface area contributed by atoms with Crippen LogP contribution in [0.2, 0.25) is 0 Å². The number of hydrogen-bond acceptors (Lipinski definition) is 7. The molecule has 0 unspecified atom stereocenters. The summed E-state index contributed by atoms with van der Waals surface area (Å²) in [5.74, 6) is 0.895. The molecule has 1 aliphatic heterocycles. The number of benzene rings is 2. The molecule has 0 bridgehead atoms. The highest BCUT2D eigenvalue weighted by Crippen LogP contribution is 2.30. The molecule has 0 aliphatic carbocycles. The Labute approximate surface area is 187 Å². The number of nitrogens with zero attached hydrogens (tertiary/aromatic N) is 5. The van der Waals surface area contributed by atoms with Crippen molar-refractivity contribution in [3.05, 3.63) is 61.2 Å². The summed E-state index contributed by atoms with van der Waals surface area (Å²) >= 11 is 0. The summed E-state index contributed by atoms with van der Waals surface area (Å²) in [5, 5.41) is 7.88. The van der Waals surface area contributed by atoms with Gasteiger partial charge in [0.1, 0.15) is 12.1 Å². The molecular formula is C23H26N6O2S. The van der Waals surface area contributed by atoms with E-state index in [9.17, 15) is 8.42 Å². The van der Waals surface area contributed by atoms with Crippen molar-refractivity contribution in [3.63, 3.8) is 0 Å². The van der Waals surface area contributed by atoms with Gasteiger partial charge in [0, 0.05) is 49.6 Å². The average molecular weight is 451 g/mol. The zero-order valence-electron chi connectivity index (χ0n) is 17.1. The largest absolute Gasteiger partial charge is 0.367 e. The maximum absolute atomic E-state index is 12.2. The SMILES string of the molecule is C.CS(=O)(=O)c1ccccc1N1CCN(c2ncnc3ccc(-c4cn[nH]c4)cc23)CC1. The van der Waals surface area contributed by atoms with Gasteiger partial charge < -0.3 is 9.80 Å². The summed E-state index contributed by atoms with van der Waals surface area (Å²) in [6.45, 7) is 2.89. The van der Waals surface area contributed by atoms with Gasteiger partial charge in [0.05, 0.1) is 22.3 Å². The third-order valence-electron chi connectivity index (χ3n) is 5.63. The Kier molecular flexibility index (Phi) is 5.84. The summed E-state index contributed by atoms with van der Waals surface area (Å²) in [5.41, 5.74) is 3.72. The molecule has 2 aromatic heterocycles. The third-order valence-corrected chi connectivity index (χ3v) is 6.77. The van der Waals surface area contributed by atoms with Crippen LogP contribution in [0, 0.1) is 0 Å². The summed E-state index contributed by atoms with van der Waals surface area (Å²) in [7, 11) is -3.29. The molecule has 5 rings (SSSR count). The highest BCUT2D eigenvalue weighted by Gasteiger charge is 2.24. The van der Waals surface area contributed by atoms with Gasteiger partial charge in [-0.15, -0.1) is 0 Å². The Morgan fingerprint density at radius 1 is 0.938 bits per heavy atom. The second-order valence-electron chi connectivity index (χ2n) is 7.63. The maximum Gasteiger partial charge on any atom is 0.177 e. The average Bonchev–Trinajstić information content (AvgIpc) is 3.33. The molecule has 3 heterocycles. The molecular weight excluding hydrogens is 424 g/mol. The van der Waals surface area contributed by atoms with E-state index < -0.39 is 9.84 Å². The lowest BCUT2D eigenvalue weighted by molar-refractivity contribution is 0.599. The Balaban J connectivity index is 0.00000245. The molecule has 0 radical (unpaired) electrons. The Hall–Kier alpha value is -3.46. The molecule has 2 aromatic carbocycles. The normalized spacial score (nSPS) is 14.4. The van der Waals surface area contributed by atoms with Crippen LogP contribution in [0.4, 0.5) is 11.5 Å². The van der Waals surface area contributed by atoms with Crippen LogP contribution in [0.25, 0.3) is 22.0 Å². The van der Waals surface area contributed by atoms with Crippen LogP contribution in [-0.4, -0.2) is 61.0 Å². The molecule has 0 atom stereocenters. The highest BCUT2D eigenvalue weighted by molar-refractivity contribution is 7.90. The van der Waals surface area contributed by atoms with Crippen LogP contribution < -0.4 is 9.80 Å². The van der Waals surface area contributed by atoms with Crippen molar-refractivity contribution in [2.75, 3.05) is 42.2 Å². The van der Waals surface area contributed by atoms with E-state index in [1.807, 2.05) is 30.5 Å². The van der Waals surface area contributed by atoms with Gasteiger partial charge in [0.25, 0.3) is 0 Å². The van der Waals surface area contributed by atoms with Gasteiger partial charge in [-0.2, -0.15) is 5.10 Å². The topological polar surface area (TPSA) is 95.1 Å². The molecule has 1 aliphatic rings. The summed E-state index contributed by atoms with van der Waals surface area (Å²) in [6, 6.07) is 13.3. The van der Waals surface area contributed by atoms with E-state index in [0.717, 1.165) is 46.6 Å². The number of hydrogen-bond donors (Lipinski definition) is 1. The molecule has 1 fully saturated rings. The van der Waals surface area contributed by atoms with E-state index >= 15 is 0 Å². The maximum atomic E-state index is 12.2. The minimum atomic E-state index is -3.29. The molecule has 0 amide bonds. The van der Waals surface area contributed by atoms with Crippen LogP contribution in [0.1, 0.15) is 7.43 Å². The first-order chi connectivity index (χ1) is 15.0. The molecule has 0 saturated carbocycles. The molecule has 166 valence electrons. The smallest absolute Gasteiger partial charge is 0.177 e. The number of fused-ring (bicyclic) bond motifs is 1. The van der Waals surface area contributed by atoms with Crippen molar-refractivity contribution in [2.45, 2.75) is 12.3 Å². The molecule has 0 spiro atoms. The van der Waals surface area contributed by atoms with Crippen LogP contribution >= 0.6 is 0 Å². The second kappa shape index (κ2) is 8.58. The van der Waals surface area contributed by atoms with Gasteiger partial charge in [0.15, 0.2) is 9.84 Å². The monoisotopic (exact) mass is 450 g/mol. The van der Waals surface area contributed by atoms with E-state index in [1.54, 1.807) is 24.7 Å². The number of nitrogens with one attached hydrogen (secondary N) is 1. The predicted molar refractivity (Wildman–Crippen MR) is 128 cm³/mol. The molecule has 1 N–H and O–H groups in total. The highest BCUT2D eigenvalue weighted by atomic mass is 32.2. The quantitative estimate of drug-likeness (QED) is 0.509. The lowest BCUT2D eigenvalue weighted by Crippen LogP contribution is -2.47.